The summed E-state index contributed by atoms with van der Waals surface area (Å²) in [4.78, 5) is 9.37. The average Bonchev–Trinajstić information content (AvgIpc) is 3.60. The maximum Gasteiger partial charge on any atom is 0.121 e. The van der Waals surface area contributed by atoms with Crippen molar-refractivity contribution in [3.63, 3.8) is 0 Å². The summed E-state index contributed by atoms with van der Waals surface area (Å²) in [6.07, 6.45) is 9.22. The number of rotatable bonds is 6. The van der Waals surface area contributed by atoms with Crippen molar-refractivity contribution in [1.82, 2.24) is 9.97 Å². The summed E-state index contributed by atoms with van der Waals surface area (Å²) in [5.41, 5.74) is 12.6. The first-order valence-electron chi connectivity index (χ1n) is 19.6. The van der Waals surface area contributed by atoms with Gasteiger partial charge in [0.2, 0.25) is 0 Å². The quantitative estimate of drug-likeness (QED) is 0.123. The minimum absolute atomic E-state index is 0. The van der Waals surface area contributed by atoms with Crippen molar-refractivity contribution in [2.45, 2.75) is 62.2 Å². The molecule has 0 amide bonds. The molecule has 1 aliphatic rings. The fourth-order valence-electron chi connectivity index (χ4n) is 7.71. The van der Waals surface area contributed by atoms with Crippen molar-refractivity contribution in [1.29, 1.82) is 0 Å². The molecule has 55 heavy (non-hydrogen) atoms. The third-order valence-corrected chi connectivity index (χ3v) is 15.0. The number of furan rings is 1. The van der Waals surface area contributed by atoms with Gasteiger partial charge in [0.25, 0.3) is 0 Å². The summed E-state index contributed by atoms with van der Waals surface area (Å²) in [5, 5.41) is 2.16. The van der Waals surface area contributed by atoms with Crippen LogP contribution < -0.4 is 4.40 Å². The Bertz CT molecular complexity index is 2590. The smallest absolute Gasteiger partial charge is 0.121 e. The number of hydrogen-bond acceptors (Lipinski definition) is 3. The molecular weight excluding hydrogens is 909 g/mol. The summed E-state index contributed by atoms with van der Waals surface area (Å²) >= 11 is -1.85. The minimum Gasteiger partial charge on any atom is -0.501 e. The molecule has 3 aromatic heterocycles. The summed E-state index contributed by atoms with van der Waals surface area (Å²) in [5.74, 6) is 6.71. The zero-order chi connectivity index (χ0) is 38.0. The molecule has 5 aromatic carbocycles. The van der Waals surface area contributed by atoms with Gasteiger partial charge in [0.05, 0.1) is 5.58 Å². The molecule has 0 saturated heterocycles. The second kappa shape index (κ2) is 17.0. The molecule has 9 rings (SSSR count). The SMILES string of the molecule is Cc1cc(-c2[c-]ccc(-c3ccccc3)c2)nc[c]1[Ge]([CH3])([CH3])[CH3].[2H]C1(c2ccnc(-c3[c-]ccc4c3oc3cc(-c5ccccc5)ccc34)c2)CCCCC1.[Ir]. The zero-order valence-corrected chi connectivity index (χ0v) is 36.4. The van der Waals surface area contributed by atoms with Gasteiger partial charge in [0.15, 0.2) is 0 Å². The van der Waals surface area contributed by atoms with Gasteiger partial charge in [-0.25, -0.2) is 0 Å². The number of fused-ring (bicyclic) bond motifs is 3. The number of benzene rings is 5. The van der Waals surface area contributed by atoms with Crippen LogP contribution in [0.3, 0.4) is 0 Å². The van der Waals surface area contributed by atoms with E-state index in [2.05, 4.69) is 145 Å². The van der Waals surface area contributed by atoms with Crippen LogP contribution in [0.2, 0.25) is 17.3 Å². The van der Waals surface area contributed by atoms with Gasteiger partial charge >= 0.3 is 142 Å². The molecule has 277 valence electrons. The summed E-state index contributed by atoms with van der Waals surface area (Å²) in [6.45, 7) is 2.21. The monoisotopic (exact) mass is 958 g/mol. The fourth-order valence-corrected chi connectivity index (χ4v) is 11.3. The molecular formula is C50H46GeIrN2O-2. The summed E-state index contributed by atoms with van der Waals surface area (Å²) < 4.78 is 16.9. The van der Waals surface area contributed by atoms with Crippen LogP contribution in [0.5, 0.6) is 0 Å². The van der Waals surface area contributed by atoms with E-state index in [-0.39, 0.29) is 20.1 Å². The van der Waals surface area contributed by atoms with Gasteiger partial charge in [-0.2, -0.15) is 0 Å². The summed E-state index contributed by atoms with van der Waals surface area (Å²) in [7, 11) is 0. The number of aryl methyl sites for hydroxylation is 1. The first kappa shape index (κ1) is 37.3. The van der Waals surface area contributed by atoms with Crippen LogP contribution in [0.25, 0.3) is 66.7 Å². The Morgan fingerprint density at radius 3 is 2.05 bits per heavy atom. The molecule has 3 heterocycles. The fraction of sp³-hybridized carbons (Fsp3) is 0.200. The van der Waals surface area contributed by atoms with Crippen LogP contribution in [-0.4, -0.2) is 23.2 Å². The molecule has 0 aliphatic heterocycles. The molecule has 1 saturated carbocycles. The van der Waals surface area contributed by atoms with Crippen molar-refractivity contribution < 1.29 is 25.9 Å². The molecule has 0 atom stereocenters. The second-order valence-corrected chi connectivity index (χ2v) is 25.9. The predicted octanol–water partition coefficient (Wildman–Crippen LogP) is 13.2. The second-order valence-electron chi connectivity index (χ2n) is 15.4. The molecule has 0 bridgehead atoms. The molecule has 1 fully saturated rings. The average molecular weight is 957 g/mol. The first-order valence-corrected chi connectivity index (χ1v) is 26.4. The van der Waals surface area contributed by atoms with Gasteiger partial charge in [0.1, 0.15) is 5.58 Å². The molecule has 5 heteroatoms. The largest absolute Gasteiger partial charge is 0.501 e. The van der Waals surface area contributed by atoms with E-state index < -0.39 is 19.2 Å². The molecule has 3 nitrogen and oxygen atoms in total. The van der Waals surface area contributed by atoms with Crippen LogP contribution in [0, 0.1) is 19.1 Å². The summed E-state index contributed by atoms with van der Waals surface area (Å²) in [6, 6.07) is 50.5. The van der Waals surface area contributed by atoms with E-state index in [4.69, 9.17) is 10.8 Å². The van der Waals surface area contributed by atoms with E-state index in [9.17, 15) is 0 Å². The van der Waals surface area contributed by atoms with Crippen LogP contribution in [0.1, 0.15) is 50.5 Å². The Labute approximate surface area is 343 Å². The van der Waals surface area contributed by atoms with E-state index in [1.54, 1.807) is 0 Å². The van der Waals surface area contributed by atoms with Crippen molar-refractivity contribution in [3.05, 3.63) is 163 Å². The Hall–Kier alpha value is -4.61. The standard InChI is InChI=1S/C29H24NO.C21H22GeN.Ir/c1-3-8-20(9-4-1)22-14-15-24-25-12-7-13-26(29(25)31-28(24)19-22)27-18-23(16-17-30-27)21-10-5-2-6-11-21;1-16-13-21(23-15-20(16)22(2,3)4)19-12-8-11-18(14-19)17-9-6-5-7-10-17;/h1,3-4,7-9,12,14-19,21H,2,5-6,10-11H2;5-11,13-15H,1-4H3;/q2*-1;/i21D;;. The van der Waals surface area contributed by atoms with Crippen molar-refractivity contribution >= 4 is 39.6 Å². The van der Waals surface area contributed by atoms with Crippen LogP contribution in [0.4, 0.5) is 0 Å². The normalized spacial score (nSPS) is 14.1. The van der Waals surface area contributed by atoms with Gasteiger partial charge in [-0.15, -0.1) is 18.2 Å². The van der Waals surface area contributed by atoms with Crippen molar-refractivity contribution in [2.24, 2.45) is 0 Å². The van der Waals surface area contributed by atoms with Gasteiger partial charge in [-0.3, -0.25) is 0 Å². The van der Waals surface area contributed by atoms with Gasteiger partial charge in [0, 0.05) is 33.1 Å². The van der Waals surface area contributed by atoms with E-state index in [1.165, 1.54) is 33.1 Å². The maximum absolute atomic E-state index is 9.02. The molecule has 1 radical (unpaired) electrons. The van der Waals surface area contributed by atoms with Gasteiger partial charge < -0.3 is 9.40 Å². The predicted molar refractivity (Wildman–Crippen MR) is 229 cm³/mol. The molecule has 1 aliphatic carbocycles. The zero-order valence-electron chi connectivity index (χ0n) is 33.0. The van der Waals surface area contributed by atoms with E-state index in [1.807, 2.05) is 36.5 Å². The molecule has 0 spiro atoms. The van der Waals surface area contributed by atoms with E-state index in [0.29, 0.717) is 0 Å². The number of pyridine rings is 2. The van der Waals surface area contributed by atoms with Crippen LogP contribution in [-0.2, 0) is 20.1 Å². The van der Waals surface area contributed by atoms with Crippen LogP contribution >= 0.6 is 0 Å². The Balaban J connectivity index is 0.000000178. The van der Waals surface area contributed by atoms with Crippen LogP contribution in [0.15, 0.2) is 144 Å². The van der Waals surface area contributed by atoms with Gasteiger partial charge in [-0.1, -0.05) is 84.3 Å². The first-order chi connectivity index (χ1) is 26.7. The number of aromatic nitrogens is 2. The Morgan fingerprint density at radius 2 is 1.36 bits per heavy atom. The topological polar surface area (TPSA) is 38.9 Å². The minimum atomic E-state index is -1.85. The van der Waals surface area contributed by atoms with E-state index in [0.717, 1.165) is 81.3 Å². The Morgan fingerprint density at radius 1 is 0.673 bits per heavy atom. The molecule has 0 unspecified atom stereocenters. The number of nitrogens with zero attached hydrogens (tertiary/aromatic N) is 2. The third kappa shape index (κ3) is 8.63. The molecule has 8 aromatic rings. The number of hydrogen-bond donors (Lipinski definition) is 0. The van der Waals surface area contributed by atoms with Crippen molar-refractivity contribution in [2.75, 3.05) is 0 Å². The van der Waals surface area contributed by atoms with Crippen molar-refractivity contribution in [3.8, 4) is 44.8 Å². The van der Waals surface area contributed by atoms with E-state index >= 15 is 0 Å². The molecule has 0 N–H and O–H groups in total. The third-order valence-electron chi connectivity index (χ3n) is 10.5. The maximum atomic E-state index is 9.02. The Kier molecular flexibility index (Phi) is 11.6. The van der Waals surface area contributed by atoms with Gasteiger partial charge in [-0.05, 0) is 47.7 Å².